The summed E-state index contributed by atoms with van der Waals surface area (Å²) in [6, 6.07) is 12.9. The van der Waals surface area contributed by atoms with Gasteiger partial charge in [0.15, 0.2) is 0 Å². The molecule has 2 amide bonds. The van der Waals surface area contributed by atoms with E-state index < -0.39 is 0 Å². The number of rotatable bonds is 5. The fourth-order valence-corrected chi connectivity index (χ4v) is 2.77. The Bertz CT molecular complexity index is 739. The fraction of sp³-hybridized carbons (Fsp3) is 0.263. The molecule has 0 fully saturated rings. The number of hydrogen-bond donors (Lipinski definition) is 1. The molecule has 0 aliphatic carbocycles. The average molecular weight is 345 g/mol. The second kappa shape index (κ2) is 7.97. The molecule has 0 aromatic heterocycles. The quantitative estimate of drug-likeness (QED) is 0.877. The Morgan fingerprint density at radius 2 is 1.75 bits per heavy atom. The molecule has 0 atom stereocenters. The highest BCUT2D eigenvalue weighted by Gasteiger charge is 2.14. The Morgan fingerprint density at radius 3 is 2.33 bits per heavy atom. The lowest BCUT2D eigenvalue weighted by atomic mass is 10.1. The summed E-state index contributed by atoms with van der Waals surface area (Å²) in [7, 11) is 0. The van der Waals surface area contributed by atoms with Crippen LogP contribution in [-0.2, 0) is 9.59 Å². The van der Waals surface area contributed by atoms with Crippen molar-refractivity contribution in [3.05, 3.63) is 58.6 Å². The Kier molecular flexibility index (Phi) is 5.99. The molecule has 0 spiro atoms. The van der Waals surface area contributed by atoms with E-state index >= 15 is 0 Å². The number of anilines is 2. The molecule has 0 bridgehead atoms. The summed E-state index contributed by atoms with van der Waals surface area (Å²) >= 11 is 5.90. The monoisotopic (exact) mass is 344 g/mol. The standard InChI is InChI=1S/C19H21ClN2O2/c1-13-9-14(2)11-18(10-13)22(15(3)23)8-7-19(24)21-17-6-4-5-16(20)12-17/h4-6,9-12H,7-8H2,1-3H3,(H,21,24). The third-order valence-electron chi connectivity index (χ3n) is 3.57. The minimum absolute atomic E-state index is 0.0874. The first-order chi connectivity index (χ1) is 11.3. The van der Waals surface area contributed by atoms with Gasteiger partial charge >= 0.3 is 0 Å². The Hall–Kier alpha value is -2.33. The maximum absolute atomic E-state index is 12.1. The summed E-state index contributed by atoms with van der Waals surface area (Å²) in [6.45, 7) is 5.80. The summed E-state index contributed by atoms with van der Waals surface area (Å²) in [5.41, 5.74) is 3.63. The molecule has 126 valence electrons. The van der Waals surface area contributed by atoms with E-state index in [0.717, 1.165) is 16.8 Å². The van der Waals surface area contributed by atoms with Crippen molar-refractivity contribution in [3.8, 4) is 0 Å². The van der Waals surface area contributed by atoms with Crippen molar-refractivity contribution in [3.63, 3.8) is 0 Å². The molecular formula is C19H21ClN2O2. The highest BCUT2D eigenvalue weighted by Crippen LogP contribution is 2.20. The van der Waals surface area contributed by atoms with Crippen molar-refractivity contribution in [2.24, 2.45) is 0 Å². The molecule has 0 aliphatic rings. The molecule has 0 radical (unpaired) electrons. The van der Waals surface area contributed by atoms with Gasteiger partial charge in [0, 0.05) is 36.3 Å². The summed E-state index contributed by atoms with van der Waals surface area (Å²) in [4.78, 5) is 25.7. The van der Waals surface area contributed by atoms with E-state index in [1.807, 2.05) is 32.0 Å². The number of carbonyl (C=O) groups is 2. The maximum Gasteiger partial charge on any atom is 0.226 e. The Morgan fingerprint density at radius 1 is 1.08 bits per heavy atom. The second-order valence-corrected chi connectivity index (χ2v) is 6.26. The number of aryl methyl sites for hydroxylation is 2. The molecule has 2 aromatic rings. The first-order valence-electron chi connectivity index (χ1n) is 7.77. The van der Waals surface area contributed by atoms with Crippen LogP contribution in [-0.4, -0.2) is 18.4 Å². The van der Waals surface area contributed by atoms with Crippen LogP contribution in [0.15, 0.2) is 42.5 Å². The average Bonchev–Trinajstić information content (AvgIpc) is 2.46. The van der Waals surface area contributed by atoms with Gasteiger partial charge < -0.3 is 10.2 Å². The summed E-state index contributed by atoms with van der Waals surface area (Å²) in [5.74, 6) is -0.247. The molecule has 2 rings (SSSR count). The van der Waals surface area contributed by atoms with Crippen molar-refractivity contribution >= 4 is 34.8 Å². The Balaban J connectivity index is 2.03. The first kappa shape index (κ1) is 18.0. The van der Waals surface area contributed by atoms with E-state index in [1.54, 1.807) is 29.2 Å². The molecule has 5 heteroatoms. The van der Waals surface area contributed by atoms with Crippen LogP contribution >= 0.6 is 11.6 Å². The van der Waals surface area contributed by atoms with E-state index in [1.165, 1.54) is 6.92 Å². The summed E-state index contributed by atoms with van der Waals surface area (Å²) in [5, 5.41) is 3.35. The zero-order chi connectivity index (χ0) is 17.7. The van der Waals surface area contributed by atoms with Gasteiger partial charge in [0.25, 0.3) is 0 Å². The molecule has 0 saturated carbocycles. The van der Waals surface area contributed by atoms with Crippen LogP contribution in [0.25, 0.3) is 0 Å². The number of carbonyl (C=O) groups excluding carboxylic acids is 2. The predicted molar refractivity (Wildman–Crippen MR) is 98.6 cm³/mol. The fourth-order valence-electron chi connectivity index (χ4n) is 2.58. The third kappa shape index (κ3) is 5.10. The third-order valence-corrected chi connectivity index (χ3v) is 3.80. The van der Waals surface area contributed by atoms with Crippen molar-refractivity contribution in [1.82, 2.24) is 0 Å². The number of nitrogens with zero attached hydrogens (tertiary/aromatic N) is 1. The predicted octanol–water partition coefficient (Wildman–Crippen LogP) is 4.34. The maximum atomic E-state index is 12.1. The van der Waals surface area contributed by atoms with Crippen molar-refractivity contribution in [2.75, 3.05) is 16.8 Å². The van der Waals surface area contributed by atoms with Gasteiger partial charge in [0.05, 0.1) is 0 Å². The first-order valence-corrected chi connectivity index (χ1v) is 8.15. The van der Waals surface area contributed by atoms with Crippen LogP contribution in [0, 0.1) is 13.8 Å². The lowest BCUT2D eigenvalue weighted by Crippen LogP contribution is -2.32. The van der Waals surface area contributed by atoms with Crippen molar-refractivity contribution in [2.45, 2.75) is 27.2 Å². The van der Waals surface area contributed by atoms with Crippen molar-refractivity contribution < 1.29 is 9.59 Å². The van der Waals surface area contributed by atoms with Gasteiger partial charge in [-0.05, 0) is 55.3 Å². The van der Waals surface area contributed by atoms with Crippen LogP contribution in [0.5, 0.6) is 0 Å². The molecule has 24 heavy (non-hydrogen) atoms. The number of hydrogen-bond acceptors (Lipinski definition) is 2. The highest BCUT2D eigenvalue weighted by molar-refractivity contribution is 6.30. The van der Waals surface area contributed by atoms with E-state index in [9.17, 15) is 9.59 Å². The molecule has 1 N–H and O–H groups in total. The van der Waals surface area contributed by atoms with E-state index in [2.05, 4.69) is 5.32 Å². The lowest BCUT2D eigenvalue weighted by Gasteiger charge is -2.22. The van der Waals surface area contributed by atoms with Crippen LogP contribution in [0.2, 0.25) is 5.02 Å². The van der Waals surface area contributed by atoms with Gasteiger partial charge in [-0.1, -0.05) is 23.7 Å². The summed E-state index contributed by atoms with van der Waals surface area (Å²) < 4.78 is 0. The summed E-state index contributed by atoms with van der Waals surface area (Å²) in [6.07, 6.45) is 0.207. The molecule has 4 nitrogen and oxygen atoms in total. The topological polar surface area (TPSA) is 49.4 Å². The lowest BCUT2D eigenvalue weighted by molar-refractivity contribution is -0.117. The second-order valence-electron chi connectivity index (χ2n) is 5.83. The smallest absolute Gasteiger partial charge is 0.226 e. The van der Waals surface area contributed by atoms with Gasteiger partial charge in [0.1, 0.15) is 0 Å². The molecule has 0 unspecified atom stereocenters. The molecule has 0 heterocycles. The number of benzene rings is 2. The largest absolute Gasteiger partial charge is 0.326 e. The van der Waals surface area contributed by atoms with Crippen LogP contribution in [0.3, 0.4) is 0 Å². The van der Waals surface area contributed by atoms with Gasteiger partial charge in [-0.3, -0.25) is 9.59 Å². The number of amides is 2. The van der Waals surface area contributed by atoms with E-state index in [0.29, 0.717) is 17.3 Å². The van der Waals surface area contributed by atoms with Crippen LogP contribution in [0.1, 0.15) is 24.5 Å². The zero-order valence-electron chi connectivity index (χ0n) is 14.1. The van der Waals surface area contributed by atoms with Crippen LogP contribution < -0.4 is 10.2 Å². The minimum Gasteiger partial charge on any atom is -0.326 e. The van der Waals surface area contributed by atoms with E-state index in [4.69, 9.17) is 11.6 Å². The molecule has 0 saturated heterocycles. The molecular weight excluding hydrogens is 324 g/mol. The van der Waals surface area contributed by atoms with Gasteiger partial charge in [0.2, 0.25) is 11.8 Å². The Labute approximate surface area is 147 Å². The van der Waals surface area contributed by atoms with Gasteiger partial charge in [-0.25, -0.2) is 0 Å². The number of halogens is 1. The van der Waals surface area contributed by atoms with E-state index in [-0.39, 0.29) is 18.2 Å². The van der Waals surface area contributed by atoms with Crippen molar-refractivity contribution in [1.29, 1.82) is 0 Å². The number of nitrogens with one attached hydrogen (secondary N) is 1. The van der Waals surface area contributed by atoms with Gasteiger partial charge in [-0.15, -0.1) is 0 Å². The minimum atomic E-state index is -0.159. The normalized spacial score (nSPS) is 10.3. The van der Waals surface area contributed by atoms with Crippen LogP contribution in [0.4, 0.5) is 11.4 Å². The molecule has 0 aliphatic heterocycles. The highest BCUT2D eigenvalue weighted by atomic mass is 35.5. The van der Waals surface area contributed by atoms with Gasteiger partial charge in [-0.2, -0.15) is 0 Å². The molecule has 2 aromatic carbocycles. The zero-order valence-corrected chi connectivity index (χ0v) is 14.9. The SMILES string of the molecule is CC(=O)N(CCC(=O)Nc1cccc(Cl)c1)c1cc(C)cc(C)c1.